The lowest BCUT2D eigenvalue weighted by Gasteiger charge is -2.24. The van der Waals surface area contributed by atoms with Crippen LogP contribution in [-0.2, 0) is 6.61 Å². The molecule has 144 valence electrons. The van der Waals surface area contributed by atoms with Crippen LogP contribution in [0.1, 0.15) is 25.0 Å². The normalized spacial score (nSPS) is 10.6. The monoisotopic (exact) mass is 386 g/mol. The number of nitrogens with two attached hydrogens (primary N) is 1. The Hall–Kier alpha value is -2.80. The molecule has 0 aliphatic rings. The van der Waals surface area contributed by atoms with Crippen molar-refractivity contribution < 1.29 is 9.47 Å². The highest BCUT2D eigenvalue weighted by Gasteiger charge is 2.11. The summed E-state index contributed by atoms with van der Waals surface area (Å²) in [5.74, 6) is 1.60. The second kappa shape index (κ2) is 10.4. The van der Waals surface area contributed by atoms with Crippen LogP contribution in [0.4, 0.5) is 5.69 Å². The van der Waals surface area contributed by atoms with Crippen LogP contribution in [0.2, 0.25) is 0 Å². The third-order valence-electron chi connectivity index (χ3n) is 4.00. The minimum Gasteiger partial charge on any atom is -0.497 e. The highest BCUT2D eigenvalue weighted by atomic mass is 32.1. The van der Waals surface area contributed by atoms with E-state index >= 15 is 0 Å². The zero-order valence-electron chi connectivity index (χ0n) is 15.9. The van der Waals surface area contributed by atoms with Crippen LogP contribution in [0.25, 0.3) is 0 Å². The summed E-state index contributed by atoms with van der Waals surface area (Å²) in [4.78, 5) is 2.25. The van der Waals surface area contributed by atoms with E-state index in [4.69, 9.17) is 27.4 Å². The summed E-state index contributed by atoms with van der Waals surface area (Å²) in [6.45, 7) is 6.47. The summed E-state index contributed by atoms with van der Waals surface area (Å²) in [6, 6.07) is 13.8. The summed E-state index contributed by atoms with van der Waals surface area (Å²) < 4.78 is 11.4. The average Bonchev–Trinajstić information content (AvgIpc) is 2.68. The zero-order chi connectivity index (χ0) is 19.6. The minimum absolute atomic E-state index is 0.125. The largest absolute Gasteiger partial charge is 0.497 e. The quantitative estimate of drug-likeness (QED) is 0.391. The number of nitrogens with zero attached hydrogens (tertiary/aromatic N) is 2. The molecule has 0 atom stereocenters. The maximum atomic E-state index is 6.15. The third kappa shape index (κ3) is 6.14. The molecule has 7 heteroatoms. The van der Waals surface area contributed by atoms with E-state index < -0.39 is 0 Å². The van der Waals surface area contributed by atoms with Crippen molar-refractivity contribution in [2.45, 2.75) is 20.5 Å². The van der Waals surface area contributed by atoms with Gasteiger partial charge in [0.2, 0.25) is 0 Å². The predicted molar refractivity (Wildman–Crippen MR) is 115 cm³/mol. The van der Waals surface area contributed by atoms with Gasteiger partial charge in [-0.25, -0.2) is 0 Å². The van der Waals surface area contributed by atoms with E-state index in [1.54, 1.807) is 13.3 Å². The Kier molecular flexibility index (Phi) is 7.88. The number of benzene rings is 2. The molecule has 0 unspecified atom stereocenters. The van der Waals surface area contributed by atoms with E-state index in [9.17, 15) is 0 Å². The average molecular weight is 387 g/mol. The molecular weight excluding hydrogens is 360 g/mol. The number of hydrogen-bond acceptors (Lipinski definition) is 5. The van der Waals surface area contributed by atoms with Crippen molar-refractivity contribution in [3.63, 3.8) is 0 Å². The molecule has 0 radical (unpaired) electrons. The van der Waals surface area contributed by atoms with Crippen molar-refractivity contribution in [3.8, 4) is 11.5 Å². The van der Waals surface area contributed by atoms with Gasteiger partial charge in [-0.15, -0.1) is 0 Å². The second-order valence-electron chi connectivity index (χ2n) is 5.77. The topological polar surface area (TPSA) is 72.1 Å². The fraction of sp³-hybridized carbons (Fsp3) is 0.300. The Morgan fingerprint density at radius 2 is 2.00 bits per heavy atom. The molecule has 6 nitrogen and oxygen atoms in total. The molecule has 0 aliphatic heterocycles. The molecule has 0 saturated heterocycles. The van der Waals surface area contributed by atoms with Crippen molar-refractivity contribution in [1.82, 2.24) is 5.43 Å². The molecule has 0 spiro atoms. The van der Waals surface area contributed by atoms with E-state index in [-0.39, 0.29) is 5.11 Å². The number of anilines is 1. The fourth-order valence-electron chi connectivity index (χ4n) is 2.65. The number of hydrazone groups is 1. The Bertz CT molecular complexity index is 791. The Morgan fingerprint density at radius 3 is 2.67 bits per heavy atom. The fourth-order valence-corrected chi connectivity index (χ4v) is 2.70. The summed E-state index contributed by atoms with van der Waals surface area (Å²) >= 11 is 4.75. The Balaban J connectivity index is 2.25. The smallest absolute Gasteiger partial charge is 0.184 e. The van der Waals surface area contributed by atoms with Gasteiger partial charge in [-0.05, 0) is 61.5 Å². The molecular formula is C20H26N4O2S. The molecule has 2 aromatic carbocycles. The highest BCUT2D eigenvalue weighted by Crippen LogP contribution is 2.30. The van der Waals surface area contributed by atoms with Gasteiger partial charge in [-0.3, -0.25) is 5.43 Å². The van der Waals surface area contributed by atoms with Crippen LogP contribution >= 0.6 is 12.2 Å². The van der Waals surface area contributed by atoms with Gasteiger partial charge in [-0.2, -0.15) is 5.10 Å². The molecule has 0 fully saturated rings. The second-order valence-corrected chi connectivity index (χ2v) is 6.21. The molecule has 0 amide bonds. The first-order valence-corrected chi connectivity index (χ1v) is 9.21. The van der Waals surface area contributed by atoms with E-state index in [0.717, 1.165) is 41.4 Å². The number of hydrogen-bond donors (Lipinski definition) is 2. The van der Waals surface area contributed by atoms with Crippen LogP contribution in [0.3, 0.4) is 0 Å². The van der Waals surface area contributed by atoms with Gasteiger partial charge in [0.1, 0.15) is 18.1 Å². The predicted octanol–water partition coefficient (Wildman–Crippen LogP) is 3.29. The van der Waals surface area contributed by atoms with Crippen molar-refractivity contribution >= 4 is 29.2 Å². The molecule has 2 rings (SSSR count). The van der Waals surface area contributed by atoms with Crippen LogP contribution in [-0.4, -0.2) is 31.5 Å². The molecule has 27 heavy (non-hydrogen) atoms. The van der Waals surface area contributed by atoms with Crippen LogP contribution in [0.5, 0.6) is 11.5 Å². The lowest BCUT2D eigenvalue weighted by atomic mass is 10.1. The van der Waals surface area contributed by atoms with Gasteiger partial charge >= 0.3 is 0 Å². The molecule has 0 saturated carbocycles. The van der Waals surface area contributed by atoms with Crippen LogP contribution in [0, 0.1) is 0 Å². The minimum atomic E-state index is 0.125. The van der Waals surface area contributed by atoms with Gasteiger partial charge < -0.3 is 20.1 Å². The molecule has 0 aromatic heterocycles. The first-order valence-electron chi connectivity index (χ1n) is 8.80. The van der Waals surface area contributed by atoms with E-state index in [2.05, 4.69) is 29.3 Å². The van der Waals surface area contributed by atoms with Crippen LogP contribution in [0.15, 0.2) is 47.6 Å². The van der Waals surface area contributed by atoms with Crippen molar-refractivity contribution in [2.24, 2.45) is 10.8 Å². The highest BCUT2D eigenvalue weighted by molar-refractivity contribution is 7.80. The first-order chi connectivity index (χ1) is 13.1. The summed E-state index contributed by atoms with van der Waals surface area (Å²) in [6.07, 6.45) is 1.66. The van der Waals surface area contributed by atoms with Gasteiger partial charge in [0.25, 0.3) is 0 Å². The lowest BCUT2D eigenvalue weighted by Crippen LogP contribution is -2.24. The molecule has 0 aliphatic carbocycles. The number of methoxy groups -OCH3 is 1. The lowest BCUT2D eigenvalue weighted by molar-refractivity contribution is 0.305. The summed E-state index contributed by atoms with van der Waals surface area (Å²) in [5, 5.41) is 4.14. The van der Waals surface area contributed by atoms with Crippen molar-refractivity contribution in [3.05, 3.63) is 53.6 Å². The maximum Gasteiger partial charge on any atom is 0.184 e. The number of thiocarbonyl (C=S) groups is 1. The van der Waals surface area contributed by atoms with Crippen LogP contribution < -0.4 is 25.5 Å². The van der Waals surface area contributed by atoms with Gasteiger partial charge in [0, 0.05) is 13.1 Å². The molecule has 0 bridgehead atoms. The zero-order valence-corrected chi connectivity index (χ0v) is 16.8. The van der Waals surface area contributed by atoms with E-state index in [0.29, 0.717) is 6.61 Å². The summed E-state index contributed by atoms with van der Waals surface area (Å²) in [5.41, 5.74) is 10.9. The summed E-state index contributed by atoms with van der Waals surface area (Å²) in [7, 11) is 1.66. The van der Waals surface area contributed by atoms with E-state index in [1.807, 2.05) is 42.5 Å². The maximum absolute atomic E-state index is 6.15. The first kappa shape index (κ1) is 20.5. The SMILES string of the molecule is CCN(CC)c1ccc(C=NNC(N)=S)cc1OCc1cccc(OC)c1. The number of nitrogens with one attached hydrogen (secondary N) is 1. The van der Waals surface area contributed by atoms with Crippen molar-refractivity contribution in [2.75, 3.05) is 25.1 Å². The Morgan fingerprint density at radius 1 is 1.22 bits per heavy atom. The molecule has 3 N–H and O–H groups in total. The van der Waals surface area contributed by atoms with Gasteiger partial charge in [-0.1, -0.05) is 18.2 Å². The number of ether oxygens (including phenoxy) is 2. The third-order valence-corrected chi connectivity index (χ3v) is 4.10. The number of rotatable bonds is 9. The standard InChI is InChI=1S/C20H26N4O2S/c1-4-24(5-2)18-10-9-15(13-22-23-20(21)27)12-19(18)26-14-16-7-6-8-17(11-16)25-3/h6-13H,4-5,14H2,1-3H3,(H3,21,23,27). The molecule has 2 aromatic rings. The van der Waals surface area contributed by atoms with Gasteiger partial charge in [0.15, 0.2) is 5.11 Å². The van der Waals surface area contributed by atoms with E-state index in [1.165, 1.54) is 0 Å². The van der Waals surface area contributed by atoms with Crippen molar-refractivity contribution in [1.29, 1.82) is 0 Å². The van der Waals surface area contributed by atoms with Gasteiger partial charge in [0.05, 0.1) is 19.0 Å². The Labute approximate surface area is 166 Å². The molecule has 0 heterocycles.